The highest BCUT2D eigenvalue weighted by molar-refractivity contribution is 5.85. The van der Waals surface area contributed by atoms with Crippen LogP contribution in [-0.2, 0) is 0 Å². The lowest BCUT2D eigenvalue weighted by Gasteiger charge is -1.98. The summed E-state index contributed by atoms with van der Waals surface area (Å²) in [6.45, 7) is 9.67. The molecule has 0 saturated heterocycles. The van der Waals surface area contributed by atoms with Gasteiger partial charge in [0.05, 0.1) is 0 Å². The first-order valence-electron chi connectivity index (χ1n) is 4.62. The molecule has 1 aromatic heterocycles. The summed E-state index contributed by atoms with van der Waals surface area (Å²) in [5, 5.41) is 1.21. The summed E-state index contributed by atoms with van der Waals surface area (Å²) in [5.41, 5.74) is 4.45. The van der Waals surface area contributed by atoms with E-state index in [0.29, 0.717) is 0 Å². The predicted molar refractivity (Wildman–Crippen MR) is 63.1 cm³/mol. The van der Waals surface area contributed by atoms with Gasteiger partial charge in [0.1, 0.15) is 0 Å². The third-order valence-corrected chi connectivity index (χ3v) is 2.36. The summed E-state index contributed by atoms with van der Waals surface area (Å²) >= 11 is 0. The standard InChI is InChI=1S/C13H13N/c1-4-12-7-11-6-5-10(9(2)3)8-13(11)14-12/h4-8,14H,1-2H2,3H3. The molecular formula is C13H13N. The molecule has 1 heteroatoms. The molecule has 0 unspecified atom stereocenters. The Hall–Kier alpha value is -1.76. The van der Waals surface area contributed by atoms with Crippen molar-refractivity contribution in [1.82, 2.24) is 4.98 Å². The Kier molecular flexibility index (Phi) is 2.01. The summed E-state index contributed by atoms with van der Waals surface area (Å²) in [6, 6.07) is 8.39. The SMILES string of the molecule is C=Cc1cc2ccc(C(=C)C)cc2[nH]1. The number of H-pyrrole nitrogens is 1. The zero-order chi connectivity index (χ0) is 10.1. The highest BCUT2D eigenvalue weighted by Crippen LogP contribution is 2.20. The number of allylic oxidation sites excluding steroid dienone is 1. The number of rotatable bonds is 2. The predicted octanol–water partition coefficient (Wildman–Crippen LogP) is 3.84. The van der Waals surface area contributed by atoms with Crippen LogP contribution in [0, 0.1) is 0 Å². The van der Waals surface area contributed by atoms with Gasteiger partial charge in [0, 0.05) is 16.6 Å². The molecule has 0 bridgehead atoms. The molecule has 0 aliphatic rings. The van der Waals surface area contributed by atoms with Crippen LogP contribution in [0.2, 0.25) is 0 Å². The van der Waals surface area contributed by atoms with Crippen molar-refractivity contribution in [2.24, 2.45) is 0 Å². The van der Waals surface area contributed by atoms with Crippen molar-refractivity contribution in [2.75, 3.05) is 0 Å². The van der Waals surface area contributed by atoms with Crippen LogP contribution in [0.4, 0.5) is 0 Å². The maximum absolute atomic E-state index is 3.93. The van der Waals surface area contributed by atoms with E-state index in [1.165, 1.54) is 10.9 Å². The quantitative estimate of drug-likeness (QED) is 0.728. The summed E-state index contributed by atoms with van der Waals surface area (Å²) in [7, 11) is 0. The van der Waals surface area contributed by atoms with Gasteiger partial charge in [-0.3, -0.25) is 0 Å². The van der Waals surface area contributed by atoms with Gasteiger partial charge in [-0.25, -0.2) is 0 Å². The minimum absolute atomic E-state index is 1.05. The van der Waals surface area contributed by atoms with Crippen LogP contribution in [0.3, 0.4) is 0 Å². The number of nitrogens with one attached hydrogen (secondary N) is 1. The van der Waals surface area contributed by atoms with E-state index in [9.17, 15) is 0 Å². The summed E-state index contributed by atoms with van der Waals surface area (Å²) in [4.78, 5) is 3.28. The molecule has 0 aliphatic carbocycles. The van der Waals surface area contributed by atoms with Crippen LogP contribution >= 0.6 is 0 Å². The van der Waals surface area contributed by atoms with E-state index >= 15 is 0 Å². The molecule has 2 aromatic rings. The van der Waals surface area contributed by atoms with Gasteiger partial charge >= 0.3 is 0 Å². The van der Waals surface area contributed by atoms with E-state index in [2.05, 4.69) is 42.4 Å². The molecule has 1 aromatic carbocycles. The molecular weight excluding hydrogens is 170 g/mol. The Labute approximate surface area is 83.8 Å². The number of benzene rings is 1. The second-order valence-electron chi connectivity index (χ2n) is 3.51. The third-order valence-electron chi connectivity index (χ3n) is 2.36. The first kappa shape index (κ1) is 8.82. The highest BCUT2D eigenvalue weighted by Gasteiger charge is 1.99. The zero-order valence-electron chi connectivity index (χ0n) is 8.30. The Bertz CT molecular complexity index is 503. The Morgan fingerprint density at radius 2 is 2.14 bits per heavy atom. The van der Waals surface area contributed by atoms with Gasteiger partial charge in [-0.05, 0) is 30.7 Å². The molecule has 0 amide bonds. The monoisotopic (exact) mass is 183 g/mol. The molecule has 0 fully saturated rings. The first-order chi connectivity index (χ1) is 6.70. The highest BCUT2D eigenvalue weighted by atomic mass is 14.7. The first-order valence-corrected chi connectivity index (χ1v) is 4.62. The summed E-state index contributed by atoms with van der Waals surface area (Å²) in [5.74, 6) is 0. The van der Waals surface area contributed by atoms with Crippen LogP contribution < -0.4 is 0 Å². The lowest BCUT2D eigenvalue weighted by atomic mass is 10.1. The van der Waals surface area contributed by atoms with Crippen LogP contribution in [0.15, 0.2) is 37.4 Å². The van der Waals surface area contributed by atoms with Crippen molar-refractivity contribution < 1.29 is 0 Å². The number of fused-ring (bicyclic) bond motifs is 1. The van der Waals surface area contributed by atoms with E-state index < -0.39 is 0 Å². The van der Waals surface area contributed by atoms with Crippen molar-refractivity contribution in [3.8, 4) is 0 Å². The fraction of sp³-hybridized carbons (Fsp3) is 0.0769. The molecule has 70 valence electrons. The van der Waals surface area contributed by atoms with Crippen LogP contribution in [0.5, 0.6) is 0 Å². The van der Waals surface area contributed by atoms with Gasteiger partial charge in [-0.1, -0.05) is 30.9 Å². The molecule has 0 saturated carbocycles. The van der Waals surface area contributed by atoms with Crippen molar-refractivity contribution in [1.29, 1.82) is 0 Å². The lowest BCUT2D eigenvalue weighted by molar-refractivity contribution is 1.43. The van der Waals surface area contributed by atoms with Gasteiger partial charge in [-0.15, -0.1) is 0 Å². The minimum Gasteiger partial charge on any atom is -0.355 e. The maximum Gasteiger partial charge on any atom is 0.0464 e. The molecule has 2 rings (SSSR count). The fourth-order valence-electron chi connectivity index (χ4n) is 1.52. The van der Waals surface area contributed by atoms with E-state index in [-0.39, 0.29) is 0 Å². The number of aromatic amines is 1. The molecule has 1 N–H and O–H groups in total. The van der Waals surface area contributed by atoms with Crippen molar-refractivity contribution in [3.05, 3.63) is 48.7 Å². The van der Waals surface area contributed by atoms with Crippen LogP contribution in [0.25, 0.3) is 22.6 Å². The zero-order valence-corrected chi connectivity index (χ0v) is 8.30. The van der Waals surface area contributed by atoms with E-state index in [0.717, 1.165) is 16.8 Å². The number of hydrogen-bond acceptors (Lipinski definition) is 0. The molecule has 0 aliphatic heterocycles. The molecule has 0 atom stereocenters. The molecule has 14 heavy (non-hydrogen) atoms. The van der Waals surface area contributed by atoms with Gasteiger partial charge in [0.2, 0.25) is 0 Å². The van der Waals surface area contributed by atoms with Crippen molar-refractivity contribution >= 4 is 22.6 Å². The molecule has 1 nitrogen and oxygen atoms in total. The van der Waals surface area contributed by atoms with Crippen LogP contribution in [0.1, 0.15) is 18.2 Å². The number of aromatic nitrogens is 1. The lowest BCUT2D eigenvalue weighted by Crippen LogP contribution is -1.77. The third kappa shape index (κ3) is 1.37. The Morgan fingerprint density at radius 1 is 1.36 bits per heavy atom. The largest absolute Gasteiger partial charge is 0.355 e. The second kappa shape index (κ2) is 3.18. The molecule has 1 heterocycles. The van der Waals surface area contributed by atoms with Crippen molar-refractivity contribution in [3.63, 3.8) is 0 Å². The second-order valence-corrected chi connectivity index (χ2v) is 3.51. The fourth-order valence-corrected chi connectivity index (χ4v) is 1.52. The summed E-state index contributed by atoms with van der Waals surface area (Å²) < 4.78 is 0. The van der Waals surface area contributed by atoms with Gasteiger partial charge < -0.3 is 4.98 Å². The summed E-state index contributed by atoms with van der Waals surface area (Å²) in [6.07, 6.45) is 1.82. The smallest absolute Gasteiger partial charge is 0.0464 e. The Balaban J connectivity index is 2.65. The topological polar surface area (TPSA) is 15.8 Å². The van der Waals surface area contributed by atoms with E-state index in [4.69, 9.17) is 0 Å². The van der Waals surface area contributed by atoms with Gasteiger partial charge in [-0.2, -0.15) is 0 Å². The van der Waals surface area contributed by atoms with Crippen molar-refractivity contribution in [2.45, 2.75) is 6.92 Å². The van der Waals surface area contributed by atoms with E-state index in [1.54, 1.807) is 0 Å². The average Bonchev–Trinajstić information content (AvgIpc) is 2.58. The van der Waals surface area contributed by atoms with Crippen LogP contribution in [-0.4, -0.2) is 4.98 Å². The number of hydrogen-bond donors (Lipinski definition) is 1. The maximum atomic E-state index is 3.93. The van der Waals surface area contributed by atoms with Gasteiger partial charge in [0.15, 0.2) is 0 Å². The average molecular weight is 183 g/mol. The minimum atomic E-state index is 1.05. The Morgan fingerprint density at radius 3 is 2.79 bits per heavy atom. The van der Waals surface area contributed by atoms with Gasteiger partial charge in [0.25, 0.3) is 0 Å². The molecule has 0 spiro atoms. The van der Waals surface area contributed by atoms with E-state index in [1.807, 2.05) is 13.0 Å². The molecule has 0 radical (unpaired) electrons. The normalized spacial score (nSPS) is 10.4.